The Morgan fingerprint density at radius 3 is 2.71 bits per heavy atom. The molecule has 3 nitrogen and oxygen atoms in total. The Bertz CT molecular complexity index is 306. The maximum Gasteiger partial charge on any atom is 0.0931 e. The Morgan fingerprint density at radius 1 is 1.41 bits per heavy atom. The third kappa shape index (κ3) is 5.15. The van der Waals surface area contributed by atoms with Crippen LogP contribution in [0.15, 0.2) is 0 Å². The Morgan fingerprint density at radius 2 is 2.18 bits per heavy atom. The molecule has 0 saturated carbocycles. The third-order valence-corrected chi connectivity index (χ3v) is 3.96. The van der Waals surface area contributed by atoms with Crippen molar-refractivity contribution in [1.29, 1.82) is 0 Å². The van der Waals surface area contributed by atoms with Crippen molar-refractivity contribution in [2.45, 2.75) is 46.1 Å². The Kier molecular flexibility index (Phi) is 6.70. The minimum atomic E-state index is 0.449. The predicted molar refractivity (Wildman–Crippen MR) is 73.9 cm³/mol. The van der Waals surface area contributed by atoms with E-state index in [0.29, 0.717) is 6.04 Å². The van der Waals surface area contributed by atoms with Gasteiger partial charge in [0.15, 0.2) is 0 Å². The first-order valence-electron chi connectivity index (χ1n) is 6.32. The molecule has 0 aliphatic heterocycles. The normalized spacial score (nSPS) is 12.9. The summed E-state index contributed by atoms with van der Waals surface area (Å²) in [7, 11) is 1.76. The maximum atomic E-state index is 5.24. The number of ether oxygens (including phenoxy) is 1. The van der Waals surface area contributed by atoms with Gasteiger partial charge in [0.2, 0.25) is 0 Å². The molecule has 1 aromatic heterocycles. The molecular weight excluding hydrogens is 232 g/mol. The van der Waals surface area contributed by atoms with Crippen LogP contribution in [0.4, 0.5) is 0 Å². The zero-order valence-corrected chi connectivity index (χ0v) is 12.2. The van der Waals surface area contributed by atoms with Crippen molar-refractivity contribution in [2.24, 2.45) is 0 Å². The number of aryl methyl sites for hydroxylation is 3. The van der Waals surface area contributed by atoms with E-state index in [1.54, 1.807) is 7.11 Å². The quantitative estimate of drug-likeness (QED) is 0.776. The summed E-state index contributed by atoms with van der Waals surface area (Å²) in [6, 6.07) is 0.449. The van der Waals surface area contributed by atoms with E-state index >= 15 is 0 Å². The third-order valence-electron chi connectivity index (χ3n) is 2.83. The maximum absolute atomic E-state index is 5.24. The van der Waals surface area contributed by atoms with Gasteiger partial charge in [-0.05, 0) is 33.2 Å². The minimum Gasteiger partial charge on any atom is -0.383 e. The highest BCUT2D eigenvalue weighted by molar-refractivity contribution is 7.11. The van der Waals surface area contributed by atoms with Crippen LogP contribution in [0.25, 0.3) is 0 Å². The van der Waals surface area contributed by atoms with E-state index in [2.05, 4.69) is 31.1 Å². The molecule has 1 atom stereocenters. The molecule has 0 aliphatic carbocycles. The summed E-state index contributed by atoms with van der Waals surface area (Å²) in [5.41, 5.74) is 1.18. The summed E-state index contributed by atoms with van der Waals surface area (Å²) in [5, 5.41) is 4.76. The van der Waals surface area contributed by atoms with E-state index in [1.807, 2.05) is 11.3 Å². The highest BCUT2D eigenvalue weighted by Crippen LogP contribution is 2.18. The lowest BCUT2D eigenvalue weighted by molar-refractivity contribution is 0.162. The van der Waals surface area contributed by atoms with Gasteiger partial charge in [-0.1, -0.05) is 6.92 Å². The Hall–Kier alpha value is -0.450. The lowest BCUT2D eigenvalue weighted by atomic mass is 10.1. The molecule has 98 valence electrons. The largest absolute Gasteiger partial charge is 0.383 e. The zero-order valence-electron chi connectivity index (χ0n) is 11.4. The van der Waals surface area contributed by atoms with Crippen molar-refractivity contribution in [3.8, 4) is 0 Å². The number of aromatic nitrogens is 1. The van der Waals surface area contributed by atoms with Crippen LogP contribution in [-0.2, 0) is 11.2 Å². The molecular formula is C13H24N2OS. The van der Waals surface area contributed by atoms with E-state index in [4.69, 9.17) is 4.74 Å². The zero-order chi connectivity index (χ0) is 12.7. The Balaban J connectivity index is 2.39. The minimum absolute atomic E-state index is 0.449. The van der Waals surface area contributed by atoms with Crippen LogP contribution in [0.1, 0.15) is 35.3 Å². The van der Waals surface area contributed by atoms with E-state index in [0.717, 1.165) is 32.4 Å². The van der Waals surface area contributed by atoms with Crippen molar-refractivity contribution in [3.05, 3.63) is 15.6 Å². The molecule has 1 heterocycles. The molecule has 1 unspecified atom stereocenters. The molecule has 17 heavy (non-hydrogen) atoms. The summed E-state index contributed by atoms with van der Waals surface area (Å²) in [6.07, 6.45) is 3.31. The second-order valence-electron chi connectivity index (χ2n) is 4.39. The van der Waals surface area contributed by atoms with Gasteiger partial charge in [0.05, 0.1) is 17.3 Å². The van der Waals surface area contributed by atoms with Crippen molar-refractivity contribution < 1.29 is 4.74 Å². The smallest absolute Gasteiger partial charge is 0.0931 e. The number of thiazole rings is 1. The average Bonchev–Trinajstić information content (AvgIpc) is 2.62. The fourth-order valence-corrected chi connectivity index (χ4v) is 2.69. The summed E-state index contributed by atoms with van der Waals surface area (Å²) < 4.78 is 5.24. The fraction of sp³-hybridized carbons (Fsp3) is 0.769. The molecule has 4 heteroatoms. The van der Waals surface area contributed by atoms with Gasteiger partial charge in [-0.3, -0.25) is 0 Å². The number of rotatable bonds is 8. The van der Waals surface area contributed by atoms with Crippen molar-refractivity contribution in [2.75, 3.05) is 20.3 Å². The molecule has 0 spiro atoms. The highest BCUT2D eigenvalue weighted by Gasteiger charge is 2.10. The molecule has 0 fully saturated rings. The monoisotopic (exact) mass is 256 g/mol. The molecule has 1 aromatic rings. The van der Waals surface area contributed by atoms with Crippen LogP contribution in [0.3, 0.4) is 0 Å². The SMILES string of the molecule is CCCNC(CCc1nc(C)c(C)s1)COC. The molecule has 0 radical (unpaired) electrons. The highest BCUT2D eigenvalue weighted by atomic mass is 32.1. The predicted octanol–water partition coefficient (Wildman–Crippen LogP) is 2.71. The molecule has 0 aliphatic rings. The number of hydrogen-bond donors (Lipinski definition) is 1. The summed E-state index contributed by atoms with van der Waals surface area (Å²) in [4.78, 5) is 5.91. The molecule has 0 saturated heterocycles. The second-order valence-corrected chi connectivity index (χ2v) is 5.68. The van der Waals surface area contributed by atoms with Crippen LogP contribution < -0.4 is 5.32 Å². The van der Waals surface area contributed by atoms with Gasteiger partial charge in [0.1, 0.15) is 0 Å². The van der Waals surface area contributed by atoms with Crippen LogP contribution >= 0.6 is 11.3 Å². The van der Waals surface area contributed by atoms with Gasteiger partial charge in [-0.25, -0.2) is 4.98 Å². The summed E-state index contributed by atoms with van der Waals surface area (Å²) in [5.74, 6) is 0. The van der Waals surface area contributed by atoms with E-state index in [1.165, 1.54) is 15.6 Å². The van der Waals surface area contributed by atoms with Crippen LogP contribution in [-0.4, -0.2) is 31.3 Å². The fourth-order valence-electron chi connectivity index (χ4n) is 1.74. The topological polar surface area (TPSA) is 34.2 Å². The summed E-state index contributed by atoms with van der Waals surface area (Å²) in [6.45, 7) is 8.24. The summed E-state index contributed by atoms with van der Waals surface area (Å²) >= 11 is 1.82. The van der Waals surface area contributed by atoms with Gasteiger partial charge in [0, 0.05) is 24.4 Å². The van der Waals surface area contributed by atoms with Gasteiger partial charge < -0.3 is 10.1 Å². The van der Waals surface area contributed by atoms with Crippen molar-refractivity contribution >= 4 is 11.3 Å². The number of nitrogens with zero attached hydrogens (tertiary/aromatic N) is 1. The second kappa shape index (κ2) is 7.80. The van der Waals surface area contributed by atoms with E-state index in [9.17, 15) is 0 Å². The molecule has 1 N–H and O–H groups in total. The molecule has 1 rings (SSSR count). The first kappa shape index (κ1) is 14.6. The number of nitrogens with one attached hydrogen (secondary N) is 1. The van der Waals surface area contributed by atoms with E-state index in [-0.39, 0.29) is 0 Å². The number of methoxy groups -OCH3 is 1. The van der Waals surface area contributed by atoms with Gasteiger partial charge >= 0.3 is 0 Å². The van der Waals surface area contributed by atoms with Crippen LogP contribution in [0, 0.1) is 13.8 Å². The lowest BCUT2D eigenvalue weighted by Gasteiger charge is -2.16. The first-order chi connectivity index (χ1) is 8.17. The molecule has 0 amide bonds. The molecule has 0 bridgehead atoms. The van der Waals surface area contributed by atoms with Crippen LogP contribution in [0.5, 0.6) is 0 Å². The Labute approximate surface area is 109 Å². The van der Waals surface area contributed by atoms with E-state index < -0.39 is 0 Å². The van der Waals surface area contributed by atoms with Crippen molar-refractivity contribution in [1.82, 2.24) is 10.3 Å². The van der Waals surface area contributed by atoms with Gasteiger partial charge in [0.25, 0.3) is 0 Å². The van der Waals surface area contributed by atoms with Gasteiger partial charge in [-0.2, -0.15) is 0 Å². The standard InChI is InChI=1S/C13H24N2OS/c1-5-8-14-12(9-16-4)6-7-13-15-10(2)11(3)17-13/h12,14H,5-9H2,1-4H3. The van der Waals surface area contributed by atoms with Gasteiger partial charge in [-0.15, -0.1) is 11.3 Å². The lowest BCUT2D eigenvalue weighted by Crippen LogP contribution is -2.34. The van der Waals surface area contributed by atoms with Crippen molar-refractivity contribution in [3.63, 3.8) is 0 Å². The number of hydrogen-bond acceptors (Lipinski definition) is 4. The average molecular weight is 256 g/mol. The molecule has 0 aromatic carbocycles. The first-order valence-corrected chi connectivity index (χ1v) is 7.14. The van der Waals surface area contributed by atoms with Crippen LogP contribution in [0.2, 0.25) is 0 Å².